The first kappa shape index (κ1) is 10.9. The number of hydrogen-bond donors (Lipinski definition) is 0. The molecule has 0 aromatic rings. The van der Waals surface area contributed by atoms with Gasteiger partial charge in [0.1, 0.15) is 11.2 Å². The average molecular weight is 189 g/mol. The van der Waals surface area contributed by atoms with E-state index in [-0.39, 0.29) is 17.3 Å². The normalized spacial score (nSPS) is 27.0. The van der Waals surface area contributed by atoms with Gasteiger partial charge in [0.05, 0.1) is 11.5 Å². The van der Waals surface area contributed by atoms with Crippen LogP contribution in [-0.2, 0) is 14.5 Å². The Balaban J connectivity index is 2.60. The highest BCUT2D eigenvalue weighted by atomic mass is 17.2. The molecule has 0 spiro atoms. The van der Waals surface area contributed by atoms with Crippen molar-refractivity contribution in [2.45, 2.75) is 58.8 Å². The minimum absolute atomic E-state index is 0.0460. The van der Waals surface area contributed by atoms with Crippen LogP contribution >= 0.6 is 0 Å². The maximum atomic E-state index is 5.46. The molecule has 1 aliphatic heterocycles. The van der Waals surface area contributed by atoms with Crippen molar-refractivity contribution in [3.05, 3.63) is 0 Å². The van der Waals surface area contributed by atoms with E-state index in [2.05, 4.69) is 0 Å². The lowest BCUT2D eigenvalue weighted by atomic mass is 9.90. The van der Waals surface area contributed by atoms with Crippen LogP contribution < -0.4 is 0 Å². The third-order valence-electron chi connectivity index (χ3n) is 2.35. The predicted octanol–water partition coefficient (Wildman–Crippen LogP) is 2.06. The second kappa shape index (κ2) is 3.20. The van der Waals surface area contributed by atoms with Gasteiger partial charge in [-0.05, 0) is 41.5 Å². The third-order valence-corrected chi connectivity index (χ3v) is 2.35. The lowest BCUT2D eigenvalue weighted by molar-refractivity contribution is -0.509. The van der Waals surface area contributed by atoms with Gasteiger partial charge < -0.3 is 0 Å². The fraction of sp³-hybridized carbons (Fsp3) is 1.00. The van der Waals surface area contributed by atoms with Gasteiger partial charge in [0.25, 0.3) is 0 Å². The van der Waals surface area contributed by atoms with Gasteiger partial charge in [0, 0.05) is 0 Å². The summed E-state index contributed by atoms with van der Waals surface area (Å²) in [5.74, 6) is 0. The number of nitrogens with zero attached hydrogens (tertiary/aromatic N) is 1. The van der Waals surface area contributed by atoms with E-state index in [0.29, 0.717) is 0 Å². The fourth-order valence-electron chi connectivity index (χ4n) is 0.826. The Labute approximate surface area is 79.6 Å². The molecular formula is C9H19NO3. The molecule has 0 amide bonds. The zero-order chi connectivity index (χ0) is 10.3. The summed E-state index contributed by atoms with van der Waals surface area (Å²) in [4.78, 5) is 16.2. The Hall–Kier alpha value is -0.160. The first-order valence-corrected chi connectivity index (χ1v) is 4.60. The van der Waals surface area contributed by atoms with Crippen LogP contribution in [0.25, 0.3) is 0 Å². The maximum Gasteiger partial charge on any atom is 0.120 e. The molecule has 0 unspecified atom stereocenters. The zero-order valence-corrected chi connectivity index (χ0v) is 9.25. The molecule has 78 valence electrons. The highest BCUT2D eigenvalue weighted by molar-refractivity contribution is 4.90. The molecule has 4 nitrogen and oxygen atoms in total. The van der Waals surface area contributed by atoms with E-state index < -0.39 is 0 Å². The van der Waals surface area contributed by atoms with Gasteiger partial charge in [0.2, 0.25) is 0 Å². The van der Waals surface area contributed by atoms with Gasteiger partial charge in [-0.25, -0.2) is 14.5 Å². The lowest BCUT2D eigenvalue weighted by Gasteiger charge is -2.27. The lowest BCUT2D eigenvalue weighted by Crippen LogP contribution is -2.41. The third kappa shape index (κ3) is 2.20. The molecule has 0 aromatic carbocycles. The topological polar surface area (TPSA) is 30.9 Å². The van der Waals surface area contributed by atoms with Crippen molar-refractivity contribution in [2.75, 3.05) is 0 Å². The monoisotopic (exact) mass is 189 g/mol. The van der Waals surface area contributed by atoms with Gasteiger partial charge in [-0.2, -0.15) is 0 Å². The summed E-state index contributed by atoms with van der Waals surface area (Å²) < 4.78 is 0. The Kier molecular flexibility index (Phi) is 2.69. The van der Waals surface area contributed by atoms with Crippen molar-refractivity contribution < 1.29 is 14.5 Å². The highest BCUT2D eigenvalue weighted by Gasteiger charge is 2.50. The fourth-order valence-corrected chi connectivity index (χ4v) is 0.826. The second-order valence-corrected chi connectivity index (χ2v) is 4.58. The largest absolute Gasteiger partial charge is 0.248 e. The van der Waals surface area contributed by atoms with E-state index in [4.69, 9.17) is 14.5 Å². The van der Waals surface area contributed by atoms with Crippen LogP contribution in [0.5, 0.6) is 0 Å². The molecule has 0 bridgehead atoms. The molecule has 0 aliphatic carbocycles. The maximum absolute atomic E-state index is 5.46. The Morgan fingerprint density at radius 3 is 1.69 bits per heavy atom. The quantitative estimate of drug-likeness (QED) is 0.665. The van der Waals surface area contributed by atoms with E-state index in [9.17, 15) is 0 Å². The molecule has 0 radical (unpaired) electrons. The van der Waals surface area contributed by atoms with Gasteiger partial charge in [-0.15, -0.1) is 0 Å². The van der Waals surface area contributed by atoms with Crippen LogP contribution in [0.1, 0.15) is 41.5 Å². The highest BCUT2D eigenvalue weighted by Crippen LogP contribution is 2.37. The Bertz CT molecular complexity index is 173. The molecule has 1 fully saturated rings. The summed E-state index contributed by atoms with van der Waals surface area (Å²) in [7, 11) is 0. The van der Waals surface area contributed by atoms with Crippen LogP contribution in [-0.4, -0.2) is 22.7 Å². The van der Waals surface area contributed by atoms with Crippen LogP contribution in [0.4, 0.5) is 0 Å². The minimum atomic E-state index is -0.373. The Morgan fingerprint density at radius 1 is 1.00 bits per heavy atom. The summed E-state index contributed by atoms with van der Waals surface area (Å²) in [6, 6.07) is 0. The van der Waals surface area contributed by atoms with Crippen molar-refractivity contribution >= 4 is 0 Å². The van der Waals surface area contributed by atoms with Gasteiger partial charge >= 0.3 is 0 Å². The van der Waals surface area contributed by atoms with E-state index in [1.165, 1.54) is 0 Å². The molecule has 4 heteroatoms. The van der Waals surface area contributed by atoms with E-state index in [1.807, 2.05) is 41.5 Å². The summed E-state index contributed by atoms with van der Waals surface area (Å²) in [6.07, 6.45) is 0.0460. The van der Waals surface area contributed by atoms with Crippen molar-refractivity contribution in [2.24, 2.45) is 0 Å². The van der Waals surface area contributed by atoms with Crippen molar-refractivity contribution in [3.8, 4) is 0 Å². The van der Waals surface area contributed by atoms with Crippen LogP contribution in [0.2, 0.25) is 0 Å². The summed E-state index contributed by atoms with van der Waals surface area (Å²) in [5, 5.41) is 1.12. The van der Waals surface area contributed by atoms with Crippen LogP contribution in [0.15, 0.2) is 0 Å². The summed E-state index contributed by atoms with van der Waals surface area (Å²) in [6.45, 7) is 11.7. The average Bonchev–Trinajstić information content (AvgIpc) is 1.98. The molecule has 0 N–H and O–H groups in total. The minimum Gasteiger partial charge on any atom is -0.248 e. The smallest absolute Gasteiger partial charge is 0.120 e. The van der Waals surface area contributed by atoms with E-state index in [0.717, 1.165) is 5.39 Å². The van der Waals surface area contributed by atoms with Crippen molar-refractivity contribution in [1.82, 2.24) is 5.39 Å². The van der Waals surface area contributed by atoms with E-state index >= 15 is 0 Å². The van der Waals surface area contributed by atoms with Crippen LogP contribution in [0, 0.1) is 0 Å². The molecule has 0 aromatic heterocycles. The second-order valence-electron chi connectivity index (χ2n) is 4.58. The van der Waals surface area contributed by atoms with Gasteiger partial charge in [-0.3, -0.25) is 0 Å². The van der Waals surface area contributed by atoms with Gasteiger partial charge in [0.15, 0.2) is 0 Å². The molecule has 0 atom stereocenters. The van der Waals surface area contributed by atoms with Crippen molar-refractivity contribution in [1.29, 1.82) is 0 Å². The van der Waals surface area contributed by atoms with Crippen molar-refractivity contribution in [3.63, 3.8) is 0 Å². The molecule has 0 saturated carbocycles. The standard InChI is InChI=1S/C9H19NO3/c1-7(2)11-10-12-8(3,4)9(5,6)13-10/h7H,1-6H3. The Morgan fingerprint density at radius 2 is 1.38 bits per heavy atom. The first-order valence-electron chi connectivity index (χ1n) is 4.60. The summed E-state index contributed by atoms with van der Waals surface area (Å²) in [5.41, 5.74) is -0.746. The molecule has 1 aliphatic rings. The number of rotatable bonds is 2. The molecular weight excluding hydrogens is 170 g/mol. The molecule has 1 rings (SSSR count). The molecule has 13 heavy (non-hydrogen) atoms. The van der Waals surface area contributed by atoms with Gasteiger partial charge in [-0.1, -0.05) is 0 Å². The summed E-state index contributed by atoms with van der Waals surface area (Å²) >= 11 is 0. The predicted molar refractivity (Wildman–Crippen MR) is 48.4 cm³/mol. The zero-order valence-electron chi connectivity index (χ0n) is 9.25. The molecule has 1 heterocycles. The molecule has 1 saturated heterocycles. The SMILES string of the molecule is CC(C)ON1OC(C)(C)C(C)(C)O1. The van der Waals surface area contributed by atoms with Crippen LogP contribution in [0.3, 0.4) is 0 Å². The number of hydrogen-bond acceptors (Lipinski definition) is 4. The van der Waals surface area contributed by atoms with E-state index in [1.54, 1.807) is 0 Å². The first-order chi connectivity index (χ1) is 5.74.